The third kappa shape index (κ3) is 4.03. The van der Waals surface area contributed by atoms with Crippen LogP contribution in [-0.4, -0.2) is 31.4 Å². The molecule has 0 spiro atoms. The number of carbonyl (C=O) groups excluding carboxylic acids is 2. The molecule has 0 aliphatic carbocycles. The van der Waals surface area contributed by atoms with Crippen LogP contribution in [0, 0.1) is 0 Å². The van der Waals surface area contributed by atoms with Gasteiger partial charge in [-0.05, 0) is 31.7 Å². The first-order chi connectivity index (χ1) is 11.6. The Morgan fingerprint density at radius 1 is 1.32 bits per heavy atom. The fourth-order valence-electron chi connectivity index (χ4n) is 2.75. The summed E-state index contributed by atoms with van der Waals surface area (Å²) in [6.45, 7) is 2.81. The van der Waals surface area contributed by atoms with Crippen LogP contribution >= 0.6 is 12.4 Å². The van der Waals surface area contributed by atoms with Gasteiger partial charge in [0.15, 0.2) is 5.76 Å². The van der Waals surface area contributed by atoms with E-state index in [4.69, 9.17) is 4.42 Å². The molecule has 2 heterocycles. The number of benzene rings is 1. The van der Waals surface area contributed by atoms with E-state index in [1.54, 1.807) is 11.0 Å². The summed E-state index contributed by atoms with van der Waals surface area (Å²) < 4.78 is 5.36. The lowest BCUT2D eigenvalue weighted by molar-refractivity contribution is -0.117. The number of fused-ring (bicyclic) bond motifs is 1. The van der Waals surface area contributed by atoms with Gasteiger partial charge in [0, 0.05) is 23.8 Å². The molecule has 3 rings (SSSR count). The van der Waals surface area contributed by atoms with Crippen molar-refractivity contribution in [3.63, 3.8) is 0 Å². The number of amides is 2. The second-order valence-electron chi connectivity index (χ2n) is 5.96. The minimum absolute atomic E-state index is 0. The van der Waals surface area contributed by atoms with Gasteiger partial charge in [0.05, 0.1) is 19.2 Å². The van der Waals surface area contributed by atoms with Crippen LogP contribution < -0.4 is 15.5 Å². The number of nitrogens with zero attached hydrogens (tertiary/aromatic N) is 1. The molecule has 1 aromatic carbocycles. The van der Waals surface area contributed by atoms with E-state index in [2.05, 4.69) is 10.6 Å². The summed E-state index contributed by atoms with van der Waals surface area (Å²) in [5.74, 6) is 0.0279. The van der Waals surface area contributed by atoms with Gasteiger partial charge in [0.25, 0.3) is 5.91 Å². The lowest BCUT2D eigenvalue weighted by atomic mass is 10.1. The van der Waals surface area contributed by atoms with Gasteiger partial charge in [0.1, 0.15) is 0 Å². The molecule has 1 aliphatic heterocycles. The topological polar surface area (TPSA) is 74.6 Å². The molecule has 25 heavy (non-hydrogen) atoms. The lowest BCUT2D eigenvalue weighted by Gasteiger charge is -2.17. The molecule has 1 aliphatic rings. The second-order valence-corrected chi connectivity index (χ2v) is 5.96. The van der Waals surface area contributed by atoms with E-state index in [-0.39, 0.29) is 36.0 Å². The zero-order valence-electron chi connectivity index (χ0n) is 14.2. The van der Waals surface area contributed by atoms with Crippen LogP contribution in [-0.2, 0) is 17.8 Å². The zero-order chi connectivity index (χ0) is 17.1. The van der Waals surface area contributed by atoms with E-state index in [1.165, 1.54) is 6.26 Å². The summed E-state index contributed by atoms with van der Waals surface area (Å²) in [5.41, 5.74) is 2.62. The van der Waals surface area contributed by atoms with Crippen molar-refractivity contribution in [3.8, 4) is 0 Å². The maximum Gasteiger partial charge on any atom is 0.287 e. The van der Waals surface area contributed by atoms with Gasteiger partial charge in [-0.15, -0.1) is 12.4 Å². The number of halogens is 1. The van der Waals surface area contributed by atoms with Crippen molar-refractivity contribution in [2.75, 3.05) is 18.5 Å². The van der Waals surface area contributed by atoms with Crippen molar-refractivity contribution < 1.29 is 14.0 Å². The minimum atomic E-state index is -0.267. The maximum absolute atomic E-state index is 12.3. The first kappa shape index (κ1) is 19.0. The number of rotatable bonds is 6. The molecule has 7 heteroatoms. The average molecular weight is 364 g/mol. The van der Waals surface area contributed by atoms with Gasteiger partial charge in [-0.2, -0.15) is 0 Å². The van der Waals surface area contributed by atoms with E-state index in [9.17, 15) is 9.59 Å². The molecule has 2 amide bonds. The molecule has 1 unspecified atom stereocenters. The lowest BCUT2D eigenvalue weighted by Crippen LogP contribution is -2.37. The predicted octanol–water partition coefficient (Wildman–Crippen LogP) is 2.13. The maximum atomic E-state index is 12.3. The van der Waals surface area contributed by atoms with Gasteiger partial charge in [-0.25, -0.2) is 0 Å². The minimum Gasteiger partial charge on any atom is -0.459 e. The number of anilines is 1. The molecule has 6 nitrogen and oxygen atoms in total. The van der Waals surface area contributed by atoms with Gasteiger partial charge < -0.3 is 20.0 Å². The molecule has 0 saturated heterocycles. The third-order valence-corrected chi connectivity index (χ3v) is 4.27. The summed E-state index contributed by atoms with van der Waals surface area (Å²) in [6, 6.07) is 9.62. The van der Waals surface area contributed by atoms with Crippen molar-refractivity contribution in [1.29, 1.82) is 0 Å². The molecular weight excluding hydrogens is 342 g/mol. The largest absolute Gasteiger partial charge is 0.459 e. The number of para-hydroxylation sites is 1. The van der Waals surface area contributed by atoms with E-state index < -0.39 is 0 Å². The standard InChI is InChI=1S/C18H21N3O3.ClH/c1-12(19-2)10-20-18(23)17-14(7-8-24-17)11-21-15-6-4-3-5-13(15)9-16(21)22;/h3-8,12,19H,9-11H2,1-2H3,(H,20,23);1H. The first-order valence-electron chi connectivity index (χ1n) is 8.00. The molecule has 2 N–H and O–H groups in total. The highest BCUT2D eigenvalue weighted by atomic mass is 35.5. The van der Waals surface area contributed by atoms with Crippen molar-refractivity contribution >= 4 is 29.9 Å². The SMILES string of the molecule is CNC(C)CNC(=O)c1occc1CN1C(=O)Cc2ccccc21.Cl. The number of hydrogen-bond donors (Lipinski definition) is 2. The summed E-state index contributed by atoms with van der Waals surface area (Å²) in [6.07, 6.45) is 1.88. The number of carbonyl (C=O) groups is 2. The Morgan fingerprint density at radius 2 is 2.08 bits per heavy atom. The molecule has 1 atom stereocenters. The van der Waals surface area contributed by atoms with Crippen molar-refractivity contribution in [3.05, 3.63) is 53.5 Å². The molecule has 0 radical (unpaired) electrons. The summed E-state index contributed by atoms with van der Waals surface area (Å²) >= 11 is 0. The highest BCUT2D eigenvalue weighted by Gasteiger charge is 2.28. The number of hydrogen-bond acceptors (Lipinski definition) is 4. The van der Waals surface area contributed by atoms with Crippen molar-refractivity contribution in [2.24, 2.45) is 0 Å². The van der Waals surface area contributed by atoms with Crippen LogP contribution in [0.15, 0.2) is 41.0 Å². The first-order valence-corrected chi connectivity index (χ1v) is 8.00. The van der Waals surface area contributed by atoms with E-state index in [0.717, 1.165) is 11.3 Å². The van der Waals surface area contributed by atoms with Crippen LogP contribution in [0.2, 0.25) is 0 Å². The van der Waals surface area contributed by atoms with E-state index in [0.29, 0.717) is 25.1 Å². The Morgan fingerprint density at radius 3 is 2.84 bits per heavy atom. The highest BCUT2D eigenvalue weighted by Crippen LogP contribution is 2.30. The van der Waals surface area contributed by atoms with Crippen LogP contribution in [0.4, 0.5) is 5.69 Å². The molecule has 1 aromatic heterocycles. The molecule has 2 aromatic rings. The molecular formula is C18H22ClN3O3. The fraction of sp³-hybridized carbons (Fsp3) is 0.333. The van der Waals surface area contributed by atoms with Crippen LogP contribution in [0.1, 0.15) is 28.6 Å². The Balaban J connectivity index is 0.00000225. The number of likely N-dealkylation sites (N-methyl/N-ethyl adjacent to an activating group) is 1. The smallest absolute Gasteiger partial charge is 0.287 e. The Kier molecular flexibility index (Phi) is 6.22. The summed E-state index contributed by atoms with van der Waals surface area (Å²) in [7, 11) is 1.84. The van der Waals surface area contributed by atoms with Gasteiger partial charge in [-0.1, -0.05) is 18.2 Å². The Labute approximate surface area is 153 Å². The van der Waals surface area contributed by atoms with E-state index >= 15 is 0 Å². The summed E-state index contributed by atoms with van der Waals surface area (Å²) in [4.78, 5) is 26.3. The molecule has 0 fully saturated rings. The highest BCUT2D eigenvalue weighted by molar-refractivity contribution is 6.01. The van der Waals surface area contributed by atoms with Gasteiger partial charge in [-0.3, -0.25) is 9.59 Å². The van der Waals surface area contributed by atoms with Crippen LogP contribution in [0.3, 0.4) is 0 Å². The molecule has 0 saturated carbocycles. The third-order valence-electron chi connectivity index (χ3n) is 4.27. The van der Waals surface area contributed by atoms with Crippen LogP contribution in [0.5, 0.6) is 0 Å². The van der Waals surface area contributed by atoms with Crippen LogP contribution in [0.25, 0.3) is 0 Å². The normalized spacial score (nSPS) is 14.0. The number of nitrogens with one attached hydrogen (secondary N) is 2. The molecule has 134 valence electrons. The van der Waals surface area contributed by atoms with Gasteiger partial charge in [0.2, 0.25) is 5.91 Å². The zero-order valence-corrected chi connectivity index (χ0v) is 15.1. The average Bonchev–Trinajstić information content (AvgIpc) is 3.17. The quantitative estimate of drug-likeness (QED) is 0.824. The monoisotopic (exact) mass is 363 g/mol. The van der Waals surface area contributed by atoms with Crippen molar-refractivity contribution in [1.82, 2.24) is 10.6 Å². The predicted molar refractivity (Wildman–Crippen MR) is 98.1 cm³/mol. The van der Waals surface area contributed by atoms with E-state index in [1.807, 2.05) is 38.2 Å². The Bertz CT molecular complexity index is 760. The molecule has 0 bridgehead atoms. The second kappa shape index (κ2) is 8.18. The van der Waals surface area contributed by atoms with Gasteiger partial charge >= 0.3 is 0 Å². The number of furan rings is 1. The Hall–Kier alpha value is -2.31. The summed E-state index contributed by atoms with van der Waals surface area (Å²) in [5, 5.41) is 5.89. The fourth-order valence-corrected chi connectivity index (χ4v) is 2.75. The van der Waals surface area contributed by atoms with Crippen molar-refractivity contribution in [2.45, 2.75) is 25.9 Å².